The van der Waals surface area contributed by atoms with Gasteiger partial charge in [0.1, 0.15) is 17.2 Å². The first-order valence-corrected chi connectivity index (χ1v) is 10.5. The zero-order valence-corrected chi connectivity index (χ0v) is 17.6. The van der Waals surface area contributed by atoms with Gasteiger partial charge in [-0.2, -0.15) is 0 Å². The summed E-state index contributed by atoms with van der Waals surface area (Å²) in [6, 6.07) is 12.7. The van der Waals surface area contributed by atoms with Crippen molar-refractivity contribution >= 4 is 23.4 Å². The van der Waals surface area contributed by atoms with Crippen LogP contribution in [0.2, 0.25) is 0 Å². The maximum atomic E-state index is 14.0. The second-order valence-electron chi connectivity index (χ2n) is 7.89. The Labute approximate surface area is 191 Å². The van der Waals surface area contributed by atoms with Crippen LogP contribution in [0.5, 0.6) is 0 Å². The van der Waals surface area contributed by atoms with E-state index in [1.807, 2.05) is 23.1 Å². The van der Waals surface area contributed by atoms with Gasteiger partial charge in [0.2, 0.25) is 0 Å². The molecule has 1 aliphatic rings. The number of carbonyl (C=O) groups excluding carboxylic acids is 1. The summed E-state index contributed by atoms with van der Waals surface area (Å²) in [6.45, 7) is 4.24. The van der Waals surface area contributed by atoms with Crippen LogP contribution in [0.1, 0.15) is 36.9 Å². The van der Waals surface area contributed by atoms with Crippen LogP contribution in [0.3, 0.4) is 0 Å². The van der Waals surface area contributed by atoms with E-state index in [0.717, 1.165) is 11.3 Å². The predicted molar refractivity (Wildman–Crippen MR) is 127 cm³/mol. The summed E-state index contributed by atoms with van der Waals surface area (Å²) in [6.07, 6.45) is 5.36. The number of amides is 1. The molecule has 1 fully saturated rings. The fourth-order valence-corrected chi connectivity index (χ4v) is 4.26. The summed E-state index contributed by atoms with van der Waals surface area (Å²) in [5.41, 5.74) is 1.81. The molecule has 4 aromatic rings. The first-order valence-electron chi connectivity index (χ1n) is 10.5. The molecule has 3 aromatic heterocycles. The topological polar surface area (TPSA) is 95.4 Å². The Morgan fingerprint density at radius 3 is 2.94 bits per heavy atom. The average molecular weight is 449 g/mol. The van der Waals surface area contributed by atoms with Crippen LogP contribution in [0.15, 0.2) is 72.3 Å². The average Bonchev–Trinajstić information content (AvgIpc) is 3.42. The Morgan fingerprint density at radius 1 is 1.27 bits per heavy atom. The fourth-order valence-electron chi connectivity index (χ4n) is 4.26. The van der Waals surface area contributed by atoms with Crippen molar-refractivity contribution in [3.05, 3.63) is 100 Å². The van der Waals surface area contributed by atoms with Crippen molar-refractivity contribution in [2.24, 2.45) is 0 Å². The quantitative estimate of drug-likeness (QED) is 0.488. The molecule has 33 heavy (non-hydrogen) atoms. The predicted octanol–water partition coefficient (Wildman–Crippen LogP) is 3.44. The van der Waals surface area contributed by atoms with Crippen molar-refractivity contribution in [1.29, 1.82) is 0 Å². The standard InChI is InChI=1S/C24H21FN6O2.2H2/c1-2-18-13-27-21-8-9-22(29-31(18)21)30-14-17(12-20(30)15-5-3-6-16(25)11-15)28-24(33)19-7-4-10-26-23(19)32;;/h2-11,13,17,20H,1,12,14H2,(H,26,32)(H,28,33);2*1H/t17-,20+;;/m0../s1. The minimum Gasteiger partial charge on any atom is -0.347 e. The Morgan fingerprint density at radius 2 is 2.15 bits per heavy atom. The summed E-state index contributed by atoms with van der Waals surface area (Å²) in [4.78, 5) is 33.6. The molecular weight excluding hydrogens is 423 g/mol. The zero-order valence-electron chi connectivity index (χ0n) is 17.6. The number of rotatable bonds is 5. The molecule has 0 radical (unpaired) electrons. The van der Waals surface area contributed by atoms with Gasteiger partial charge in [0, 0.05) is 21.6 Å². The largest absolute Gasteiger partial charge is 0.347 e. The number of nitrogens with zero attached hydrogens (tertiary/aromatic N) is 4. The molecule has 4 heterocycles. The van der Waals surface area contributed by atoms with Crippen LogP contribution in [0.4, 0.5) is 10.2 Å². The van der Waals surface area contributed by atoms with E-state index in [4.69, 9.17) is 5.10 Å². The van der Waals surface area contributed by atoms with Gasteiger partial charge < -0.3 is 15.2 Å². The van der Waals surface area contributed by atoms with Crippen LogP contribution < -0.4 is 15.8 Å². The monoisotopic (exact) mass is 448 g/mol. The van der Waals surface area contributed by atoms with E-state index in [9.17, 15) is 14.0 Å². The Hall–Kier alpha value is -4.27. The number of aromatic nitrogens is 4. The first-order chi connectivity index (χ1) is 16.0. The van der Waals surface area contributed by atoms with E-state index in [2.05, 4.69) is 21.9 Å². The summed E-state index contributed by atoms with van der Waals surface area (Å²) in [5.74, 6) is -0.122. The zero-order chi connectivity index (χ0) is 22.9. The van der Waals surface area contributed by atoms with Gasteiger partial charge in [0.05, 0.1) is 17.9 Å². The molecule has 170 valence electrons. The van der Waals surface area contributed by atoms with Crippen molar-refractivity contribution in [2.45, 2.75) is 18.5 Å². The summed E-state index contributed by atoms with van der Waals surface area (Å²) < 4.78 is 15.7. The molecule has 2 N–H and O–H groups in total. The Kier molecular flexibility index (Phi) is 5.21. The third kappa shape index (κ3) is 3.89. The lowest BCUT2D eigenvalue weighted by Gasteiger charge is -2.26. The van der Waals surface area contributed by atoms with E-state index < -0.39 is 11.5 Å². The van der Waals surface area contributed by atoms with Gasteiger partial charge >= 0.3 is 0 Å². The maximum absolute atomic E-state index is 14.0. The van der Waals surface area contributed by atoms with E-state index >= 15 is 0 Å². The highest BCUT2D eigenvalue weighted by molar-refractivity contribution is 5.94. The number of fused-ring (bicyclic) bond motifs is 1. The number of H-pyrrole nitrogens is 1. The highest BCUT2D eigenvalue weighted by Crippen LogP contribution is 2.36. The highest BCUT2D eigenvalue weighted by Gasteiger charge is 2.35. The third-order valence-corrected chi connectivity index (χ3v) is 5.81. The molecular formula is C24H25FN6O2. The first kappa shape index (κ1) is 20.6. The van der Waals surface area contributed by atoms with Crippen molar-refractivity contribution in [2.75, 3.05) is 11.4 Å². The van der Waals surface area contributed by atoms with Crippen LogP contribution >= 0.6 is 0 Å². The minimum atomic E-state index is -0.450. The number of benzene rings is 1. The smallest absolute Gasteiger partial charge is 0.260 e. The van der Waals surface area contributed by atoms with Gasteiger partial charge in [-0.25, -0.2) is 13.9 Å². The van der Waals surface area contributed by atoms with E-state index in [1.165, 1.54) is 24.4 Å². The van der Waals surface area contributed by atoms with Gasteiger partial charge in [-0.3, -0.25) is 9.59 Å². The molecule has 9 heteroatoms. The normalized spacial score (nSPS) is 17.9. The molecule has 1 aliphatic heterocycles. The number of pyridine rings is 1. The molecule has 1 aromatic carbocycles. The van der Waals surface area contributed by atoms with Crippen molar-refractivity contribution in [3.8, 4) is 0 Å². The van der Waals surface area contributed by atoms with E-state index in [0.29, 0.717) is 24.4 Å². The third-order valence-electron chi connectivity index (χ3n) is 5.81. The van der Waals surface area contributed by atoms with E-state index in [1.54, 1.807) is 28.9 Å². The van der Waals surface area contributed by atoms with Crippen molar-refractivity contribution in [1.82, 2.24) is 24.9 Å². The summed E-state index contributed by atoms with van der Waals surface area (Å²) >= 11 is 0. The second-order valence-corrected chi connectivity index (χ2v) is 7.89. The lowest BCUT2D eigenvalue weighted by Crippen LogP contribution is -2.39. The Balaban J connectivity index is 0.00000171. The number of halogens is 1. The van der Waals surface area contributed by atoms with Gasteiger partial charge in [-0.05, 0) is 54.5 Å². The summed E-state index contributed by atoms with van der Waals surface area (Å²) in [7, 11) is 0. The van der Waals surface area contributed by atoms with Crippen molar-refractivity contribution in [3.63, 3.8) is 0 Å². The fraction of sp³-hybridized carbons (Fsp3) is 0.167. The summed E-state index contributed by atoms with van der Waals surface area (Å²) in [5, 5.41) is 7.67. The molecule has 0 unspecified atom stereocenters. The minimum absolute atomic E-state index is 0. The van der Waals surface area contributed by atoms with Crippen molar-refractivity contribution < 1.29 is 12.0 Å². The number of carbonyl (C=O) groups is 1. The highest BCUT2D eigenvalue weighted by atomic mass is 19.1. The molecule has 0 aliphatic carbocycles. The van der Waals surface area contributed by atoms with E-state index in [-0.39, 0.29) is 26.3 Å². The number of hydrogen-bond acceptors (Lipinski definition) is 5. The van der Waals surface area contributed by atoms with Gasteiger partial charge in [-0.15, -0.1) is 5.10 Å². The van der Waals surface area contributed by atoms with Gasteiger partial charge in [0.25, 0.3) is 11.5 Å². The van der Waals surface area contributed by atoms with Gasteiger partial charge in [0.15, 0.2) is 5.65 Å². The Bertz CT molecular complexity index is 1420. The molecule has 0 saturated carbocycles. The number of nitrogens with one attached hydrogen (secondary N) is 2. The number of aromatic amines is 1. The van der Waals surface area contributed by atoms with Gasteiger partial charge in [-0.1, -0.05) is 18.7 Å². The lowest BCUT2D eigenvalue weighted by atomic mass is 10.0. The molecule has 1 amide bonds. The number of imidazole rings is 1. The SMILES string of the molecule is C=Cc1cnc2ccc(N3C[C@@H](NC(=O)c4ccc[nH]c4=O)C[C@@H]3c3cccc(F)c3)nn12.[HH].[HH]. The van der Waals surface area contributed by atoms with Crippen LogP contribution in [-0.2, 0) is 0 Å². The molecule has 0 spiro atoms. The molecule has 2 atom stereocenters. The van der Waals surface area contributed by atoms with Crippen LogP contribution in [0.25, 0.3) is 11.7 Å². The maximum Gasteiger partial charge on any atom is 0.260 e. The molecule has 5 rings (SSSR count). The lowest BCUT2D eigenvalue weighted by molar-refractivity contribution is 0.0938. The second kappa shape index (κ2) is 8.34. The number of hydrogen-bond donors (Lipinski definition) is 2. The molecule has 8 nitrogen and oxygen atoms in total. The number of anilines is 1. The molecule has 1 saturated heterocycles. The van der Waals surface area contributed by atoms with Crippen LogP contribution in [0, 0.1) is 5.82 Å². The molecule has 0 bridgehead atoms. The van der Waals surface area contributed by atoms with Crippen LogP contribution in [-0.4, -0.2) is 38.1 Å².